The summed E-state index contributed by atoms with van der Waals surface area (Å²) >= 11 is 0. The molecule has 1 aliphatic rings. The Morgan fingerprint density at radius 1 is 0.919 bits per heavy atom. The van der Waals surface area contributed by atoms with Crippen LogP contribution in [0.4, 0.5) is 39.5 Å². The summed E-state index contributed by atoms with van der Waals surface area (Å²) in [6.45, 7) is 0.358. The molecule has 4 rings (SSSR count). The molecule has 1 aromatic heterocycles. The van der Waals surface area contributed by atoms with Gasteiger partial charge in [0.1, 0.15) is 11.6 Å². The number of aryl methyl sites for hydroxylation is 1. The van der Waals surface area contributed by atoms with Crippen LogP contribution < -0.4 is 15.4 Å². The van der Waals surface area contributed by atoms with Crippen molar-refractivity contribution in [3.63, 3.8) is 0 Å². The van der Waals surface area contributed by atoms with E-state index < -0.39 is 24.4 Å². The lowest BCUT2D eigenvalue weighted by molar-refractivity contribution is -0.135. The first-order valence-corrected chi connectivity index (χ1v) is 12.1. The molecule has 0 bridgehead atoms. The van der Waals surface area contributed by atoms with Crippen LogP contribution in [-0.2, 0) is 18.9 Å². The lowest BCUT2D eigenvalue weighted by Gasteiger charge is -2.17. The Morgan fingerprint density at radius 3 is 2.41 bits per heavy atom. The van der Waals surface area contributed by atoms with Crippen molar-refractivity contribution in [2.24, 2.45) is 5.92 Å². The fourth-order valence-corrected chi connectivity index (χ4v) is 3.85. The van der Waals surface area contributed by atoms with Crippen LogP contribution in [0.15, 0.2) is 48.5 Å². The number of nitrogens with zero attached hydrogens (tertiary/aromatic N) is 3. The lowest BCUT2D eigenvalue weighted by Crippen LogP contribution is -2.16. The maximum atomic E-state index is 14.6. The second-order valence-corrected chi connectivity index (χ2v) is 9.03. The van der Waals surface area contributed by atoms with E-state index in [2.05, 4.69) is 25.6 Å². The number of anilines is 3. The van der Waals surface area contributed by atoms with E-state index in [9.17, 15) is 22.0 Å². The van der Waals surface area contributed by atoms with Crippen molar-refractivity contribution in [2.75, 3.05) is 17.7 Å². The fourth-order valence-electron chi connectivity index (χ4n) is 3.85. The van der Waals surface area contributed by atoms with Crippen LogP contribution in [0.2, 0.25) is 0 Å². The molecule has 0 atom stereocenters. The maximum absolute atomic E-state index is 14.6. The minimum absolute atomic E-state index is 0.0528. The van der Waals surface area contributed by atoms with Crippen molar-refractivity contribution in [1.29, 1.82) is 0 Å². The molecule has 1 aliphatic carbocycles. The van der Waals surface area contributed by atoms with Gasteiger partial charge in [-0.15, -0.1) is 0 Å². The quantitative estimate of drug-likeness (QED) is 0.197. The van der Waals surface area contributed by atoms with Gasteiger partial charge in [0, 0.05) is 36.6 Å². The minimum Gasteiger partial charge on any atom is -0.497 e. The van der Waals surface area contributed by atoms with Crippen LogP contribution in [0.5, 0.6) is 5.75 Å². The Balaban J connectivity index is 1.51. The van der Waals surface area contributed by atoms with Gasteiger partial charge in [0.15, 0.2) is 0 Å². The third kappa shape index (κ3) is 7.74. The summed E-state index contributed by atoms with van der Waals surface area (Å²) in [5.41, 5.74) is 1.19. The van der Waals surface area contributed by atoms with Crippen LogP contribution in [0.25, 0.3) is 0 Å². The highest BCUT2D eigenvalue weighted by molar-refractivity contribution is 5.56. The highest BCUT2D eigenvalue weighted by atomic mass is 19.4. The zero-order chi connectivity index (χ0) is 26.5. The SMILES string of the molecule is COc1cccc(CNc2nc(CCCCC(F)(F)F)nc(Nc3cccc(C(F)(F)C4CC4)c3)n2)c1. The van der Waals surface area contributed by atoms with Crippen LogP contribution in [0.3, 0.4) is 0 Å². The van der Waals surface area contributed by atoms with E-state index in [-0.39, 0.29) is 36.7 Å². The molecule has 198 valence electrons. The van der Waals surface area contributed by atoms with Crippen molar-refractivity contribution in [2.45, 2.75) is 57.2 Å². The Bertz CT molecular complexity index is 1200. The number of aromatic nitrogens is 3. The first kappa shape index (κ1) is 26.6. The highest BCUT2D eigenvalue weighted by Gasteiger charge is 2.47. The highest BCUT2D eigenvalue weighted by Crippen LogP contribution is 2.50. The van der Waals surface area contributed by atoms with E-state index in [1.807, 2.05) is 24.3 Å². The van der Waals surface area contributed by atoms with E-state index in [0.717, 1.165) is 5.56 Å². The van der Waals surface area contributed by atoms with Gasteiger partial charge in [0.05, 0.1) is 7.11 Å². The number of benzene rings is 2. The molecule has 0 saturated heterocycles. The second kappa shape index (κ2) is 11.3. The van der Waals surface area contributed by atoms with Gasteiger partial charge < -0.3 is 15.4 Å². The molecular formula is C26H28F5N5O. The standard InChI is InChI=1S/C26H28F5N5O/c1-37-21-9-4-6-17(14-21)16-32-23-34-22(10-2-3-13-25(27,28)29)35-24(36-23)33-20-8-5-7-19(15-20)26(30,31)18-11-12-18/h4-9,14-15,18H,2-3,10-13,16H2,1H3,(H2,32,33,34,35,36). The molecule has 0 amide bonds. The van der Waals surface area contributed by atoms with Gasteiger partial charge in [-0.25, -0.2) is 8.78 Å². The summed E-state index contributed by atoms with van der Waals surface area (Å²) in [4.78, 5) is 13.0. The summed E-state index contributed by atoms with van der Waals surface area (Å²) in [5, 5.41) is 6.05. The molecule has 37 heavy (non-hydrogen) atoms. The second-order valence-electron chi connectivity index (χ2n) is 9.03. The Morgan fingerprint density at radius 2 is 1.68 bits per heavy atom. The van der Waals surface area contributed by atoms with E-state index in [1.165, 1.54) is 18.2 Å². The first-order valence-electron chi connectivity index (χ1n) is 12.1. The van der Waals surface area contributed by atoms with E-state index in [0.29, 0.717) is 36.6 Å². The number of alkyl halides is 5. The van der Waals surface area contributed by atoms with Crippen LogP contribution >= 0.6 is 0 Å². The number of unbranched alkanes of at least 4 members (excludes halogenated alkanes) is 1. The van der Waals surface area contributed by atoms with Gasteiger partial charge in [0.25, 0.3) is 5.92 Å². The predicted octanol–water partition coefficient (Wildman–Crippen LogP) is 7.01. The van der Waals surface area contributed by atoms with Gasteiger partial charge >= 0.3 is 6.18 Å². The number of nitrogens with one attached hydrogen (secondary N) is 2. The molecule has 0 aliphatic heterocycles. The van der Waals surface area contributed by atoms with E-state index in [1.54, 1.807) is 13.2 Å². The number of rotatable bonds is 12. The Kier molecular flexibility index (Phi) is 8.09. The fraction of sp³-hybridized carbons (Fsp3) is 0.423. The van der Waals surface area contributed by atoms with Crippen molar-refractivity contribution in [3.8, 4) is 5.75 Å². The summed E-state index contributed by atoms with van der Waals surface area (Å²) in [6, 6.07) is 13.3. The monoisotopic (exact) mass is 521 g/mol. The van der Waals surface area contributed by atoms with Gasteiger partial charge in [-0.05, 0) is 55.5 Å². The average molecular weight is 522 g/mol. The number of hydrogen-bond donors (Lipinski definition) is 2. The van der Waals surface area contributed by atoms with E-state index >= 15 is 0 Å². The minimum atomic E-state index is -4.22. The molecule has 1 saturated carbocycles. The van der Waals surface area contributed by atoms with Gasteiger partial charge in [-0.3, -0.25) is 0 Å². The van der Waals surface area contributed by atoms with E-state index in [4.69, 9.17) is 4.74 Å². The topological polar surface area (TPSA) is 72.0 Å². The summed E-state index contributed by atoms with van der Waals surface area (Å²) in [7, 11) is 1.57. The number of ether oxygens (including phenoxy) is 1. The third-order valence-corrected chi connectivity index (χ3v) is 5.97. The summed E-state index contributed by atoms with van der Waals surface area (Å²) in [5.74, 6) is -2.25. The molecule has 2 N–H and O–H groups in total. The number of hydrogen-bond acceptors (Lipinski definition) is 6. The molecule has 6 nitrogen and oxygen atoms in total. The normalized spacial score (nSPS) is 13.9. The van der Waals surface area contributed by atoms with Crippen molar-refractivity contribution < 1.29 is 26.7 Å². The summed E-state index contributed by atoms with van der Waals surface area (Å²) in [6.07, 6.45) is -3.71. The third-order valence-electron chi connectivity index (χ3n) is 5.97. The molecule has 3 aromatic rings. The molecular weight excluding hydrogens is 493 g/mol. The zero-order valence-corrected chi connectivity index (χ0v) is 20.3. The molecule has 1 heterocycles. The zero-order valence-electron chi connectivity index (χ0n) is 20.3. The molecule has 0 unspecified atom stereocenters. The predicted molar refractivity (Wildman–Crippen MR) is 130 cm³/mol. The lowest BCUT2D eigenvalue weighted by atomic mass is 10.0. The van der Waals surface area contributed by atoms with Crippen LogP contribution in [0.1, 0.15) is 49.1 Å². The van der Waals surface area contributed by atoms with Crippen molar-refractivity contribution in [1.82, 2.24) is 15.0 Å². The maximum Gasteiger partial charge on any atom is 0.389 e. The van der Waals surface area contributed by atoms with Crippen molar-refractivity contribution in [3.05, 3.63) is 65.5 Å². The molecule has 0 radical (unpaired) electrons. The average Bonchev–Trinajstić information content (AvgIpc) is 3.72. The first-order chi connectivity index (χ1) is 17.6. The number of halogens is 5. The Hall–Kier alpha value is -3.50. The van der Waals surface area contributed by atoms with Gasteiger partial charge in [-0.1, -0.05) is 24.3 Å². The molecule has 1 fully saturated rings. The molecule has 11 heteroatoms. The Labute approximate surface area is 211 Å². The van der Waals surface area contributed by atoms with Gasteiger partial charge in [0.2, 0.25) is 11.9 Å². The van der Waals surface area contributed by atoms with Gasteiger partial charge in [-0.2, -0.15) is 28.1 Å². The van der Waals surface area contributed by atoms with Crippen LogP contribution in [-0.4, -0.2) is 28.2 Å². The number of methoxy groups -OCH3 is 1. The largest absolute Gasteiger partial charge is 0.497 e. The van der Waals surface area contributed by atoms with Crippen LogP contribution in [0, 0.1) is 5.92 Å². The summed E-state index contributed by atoms with van der Waals surface area (Å²) < 4.78 is 72.0. The molecule has 2 aromatic carbocycles. The smallest absolute Gasteiger partial charge is 0.389 e. The molecule has 0 spiro atoms. The van der Waals surface area contributed by atoms with Crippen molar-refractivity contribution >= 4 is 17.6 Å².